The first kappa shape index (κ1) is 17.4. The lowest BCUT2D eigenvalue weighted by molar-refractivity contribution is 0.181. The summed E-state index contributed by atoms with van der Waals surface area (Å²) in [4.78, 5) is 27.7. The number of carbonyl (C=O) groups is 2. The van der Waals surface area contributed by atoms with Gasteiger partial charge < -0.3 is 15.0 Å². The molecule has 0 spiro atoms. The highest BCUT2D eigenvalue weighted by Crippen LogP contribution is 2.25. The average Bonchev–Trinajstić information content (AvgIpc) is 3.35. The Kier molecular flexibility index (Phi) is 4.47. The SMILES string of the molecule is Cc1cc(C)n([C@H]2CCN(C(=O)Nc3cccc(N4CCOC4=O)c3)C2)n1. The zero-order chi connectivity index (χ0) is 19.0. The molecule has 1 atom stereocenters. The van der Waals surface area contributed by atoms with E-state index in [0.29, 0.717) is 31.9 Å². The number of nitrogens with one attached hydrogen (secondary N) is 1. The van der Waals surface area contributed by atoms with Crippen LogP contribution in [0.4, 0.5) is 21.0 Å². The van der Waals surface area contributed by atoms with E-state index in [1.807, 2.05) is 36.7 Å². The van der Waals surface area contributed by atoms with Crippen molar-refractivity contribution in [2.45, 2.75) is 26.3 Å². The average molecular weight is 369 g/mol. The van der Waals surface area contributed by atoms with Crippen LogP contribution in [0, 0.1) is 13.8 Å². The summed E-state index contributed by atoms with van der Waals surface area (Å²) >= 11 is 0. The normalized spacial score (nSPS) is 19.5. The van der Waals surface area contributed by atoms with Crippen LogP contribution in [0.3, 0.4) is 0 Å². The van der Waals surface area contributed by atoms with Gasteiger partial charge in [0, 0.05) is 30.2 Å². The van der Waals surface area contributed by atoms with Crippen LogP contribution >= 0.6 is 0 Å². The summed E-state index contributed by atoms with van der Waals surface area (Å²) in [6, 6.07) is 9.37. The van der Waals surface area contributed by atoms with Crippen molar-refractivity contribution < 1.29 is 14.3 Å². The van der Waals surface area contributed by atoms with Crippen molar-refractivity contribution in [1.82, 2.24) is 14.7 Å². The van der Waals surface area contributed by atoms with Gasteiger partial charge in [-0.25, -0.2) is 9.59 Å². The summed E-state index contributed by atoms with van der Waals surface area (Å²) in [5, 5.41) is 7.47. The van der Waals surface area contributed by atoms with Crippen LogP contribution in [0.5, 0.6) is 0 Å². The Morgan fingerprint density at radius 3 is 2.81 bits per heavy atom. The first-order chi connectivity index (χ1) is 13.0. The number of cyclic esters (lactones) is 1. The first-order valence-corrected chi connectivity index (χ1v) is 9.14. The Bertz CT molecular complexity index is 878. The molecular weight excluding hydrogens is 346 g/mol. The number of anilines is 2. The maximum Gasteiger partial charge on any atom is 0.414 e. The van der Waals surface area contributed by atoms with E-state index in [4.69, 9.17) is 4.74 Å². The van der Waals surface area contributed by atoms with E-state index in [2.05, 4.69) is 16.5 Å². The molecule has 2 fully saturated rings. The minimum absolute atomic E-state index is 0.139. The van der Waals surface area contributed by atoms with Crippen molar-refractivity contribution in [3.63, 3.8) is 0 Å². The van der Waals surface area contributed by atoms with Gasteiger partial charge in [-0.05, 0) is 44.5 Å². The predicted molar refractivity (Wildman–Crippen MR) is 101 cm³/mol. The molecule has 1 aromatic heterocycles. The molecule has 3 heterocycles. The van der Waals surface area contributed by atoms with Gasteiger partial charge in [0.1, 0.15) is 6.61 Å². The molecule has 0 aliphatic carbocycles. The van der Waals surface area contributed by atoms with E-state index in [1.54, 1.807) is 15.9 Å². The summed E-state index contributed by atoms with van der Waals surface area (Å²) < 4.78 is 6.99. The first-order valence-electron chi connectivity index (χ1n) is 9.14. The molecule has 2 aliphatic heterocycles. The summed E-state index contributed by atoms with van der Waals surface area (Å²) in [7, 11) is 0. The van der Waals surface area contributed by atoms with E-state index in [-0.39, 0.29) is 18.2 Å². The van der Waals surface area contributed by atoms with Crippen molar-refractivity contribution in [2.24, 2.45) is 0 Å². The molecule has 1 N–H and O–H groups in total. The van der Waals surface area contributed by atoms with E-state index >= 15 is 0 Å². The van der Waals surface area contributed by atoms with Gasteiger partial charge in [0.25, 0.3) is 0 Å². The van der Waals surface area contributed by atoms with Crippen LogP contribution in [-0.2, 0) is 4.74 Å². The lowest BCUT2D eigenvalue weighted by atomic mass is 10.2. The molecule has 8 heteroatoms. The van der Waals surface area contributed by atoms with Crippen molar-refractivity contribution in [3.05, 3.63) is 41.7 Å². The van der Waals surface area contributed by atoms with E-state index < -0.39 is 0 Å². The number of benzene rings is 1. The summed E-state index contributed by atoms with van der Waals surface area (Å²) in [5.41, 5.74) is 3.49. The van der Waals surface area contributed by atoms with Gasteiger partial charge in [0.2, 0.25) is 0 Å². The Morgan fingerprint density at radius 2 is 2.11 bits per heavy atom. The Balaban J connectivity index is 1.41. The van der Waals surface area contributed by atoms with Gasteiger partial charge in [0.15, 0.2) is 0 Å². The number of amides is 3. The number of hydrogen-bond acceptors (Lipinski definition) is 4. The number of urea groups is 1. The van der Waals surface area contributed by atoms with E-state index in [1.165, 1.54) is 0 Å². The van der Waals surface area contributed by atoms with E-state index in [9.17, 15) is 9.59 Å². The Morgan fingerprint density at radius 1 is 1.26 bits per heavy atom. The van der Waals surface area contributed by atoms with Crippen LogP contribution in [0.25, 0.3) is 0 Å². The number of aryl methyl sites for hydroxylation is 2. The third-order valence-electron chi connectivity index (χ3n) is 5.01. The van der Waals surface area contributed by atoms with Gasteiger partial charge in [-0.15, -0.1) is 0 Å². The minimum Gasteiger partial charge on any atom is -0.447 e. The zero-order valence-electron chi connectivity index (χ0n) is 15.5. The lowest BCUT2D eigenvalue weighted by Gasteiger charge is -2.19. The molecule has 2 aliphatic rings. The second kappa shape index (κ2) is 6.94. The molecule has 2 saturated heterocycles. The van der Waals surface area contributed by atoms with Crippen LogP contribution in [0.2, 0.25) is 0 Å². The highest BCUT2D eigenvalue weighted by molar-refractivity contribution is 5.93. The second-order valence-corrected chi connectivity index (χ2v) is 7.01. The Hall–Kier alpha value is -3.03. The van der Waals surface area contributed by atoms with Crippen molar-refractivity contribution in [1.29, 1.82) is 0 Å². The largest absolute Gasteiger partial charge is 0.447 e. The molecule has 27 heavy (non-hydrogen) atoms. The molecule has 1 aromatic carbocycles. The highest BCUT2D eigenvalue weighted by atomic mass is 16.6. The summed E-state index contributed by atoms with van der Waals surface area (Å²) in [6.07, 6.45) is 0.528. The van der Waals surface area contributed by atoms with Crippen LogP contribution < -0.4 is 10.2 Å². The molecule has 142 valence electrons. The zero-order valence-corrected chi connectivity index (χ0v) is 15.5. The Labute approximate surface area is 157 Å². The van der Waals surface area contributed by atoms with Crippen molar-refractivity contribution >= 4 is 23.5 Å². The number of nitrogens with zero attached hydrogens (tertiary/aromatic N) is 4. The fourth-order valence-corrected chi connectivity index (χ4v) is 3.72. The van der Waals surface area contributed by atoms with Crippen molar-refractivity contribution in [2.75, 3.05) is 36.5 Å². The van der Waals surface area contributed by atoms with Crippen LogP contribution in [0.15, 0.2) is 30.3 Å². The second-order valence-electron chi connectivity index (χ2n) is 7.01. The maximum absolute atomic E-state index is 12.7. The van der Waals surface area contributed by atoms with Gasteiger partial charge >= 0.3 is 12.1 Å². The topological polar surface area (TPSA) is 79.7 Å². The third-order valence-corrected chi connectivity index (χ3v) is 5.01. The van der Waals surface area contributed by atoms with Crippen LogP contribution in [0.1, 0.15) is 23.9 Å². The number of ether oxygens (including phenoxy) is 1. The number of aromatic nitrogens is 2. The summed E-state index contributed by atoms with van der Waals surface area (Å²) in [5.74, 6) is 0. The minimum atomic E-state index is -0.356. The molecule has 0 unspecified atom stereocenters. The molecule has 0 radical (unpaired) electrons. The van der Waals surface area contributed by atoms with Gasteiger partial charge in [0.05, 0.1) is 18.3 Å². The highest BCUT2D eigenvalue weighted by Gasteiger charge is 2.29. The number of hydrogen-bond donors (Lipinski definition) is 1. The fourth-order valence-electron chi connectivity index (χ4n) is 3.72. The fraction of sp³-hybridized carbons (Fsp3) is 0.421. The predicted octanol–water partition coefficient (Wildman–Crippen LogP) is 2.94. The number of likely N-dealkylation sites (tertiary alicyclic amines) is 1. The smallest absolute Gasteiger partial charge is 0.414 e. The summed E-state index contributed by atoms with van der Waals surface area (Å²) in [6.45, 7) is 6.24. The molecule has 0 saturated carbocycles. The quantitative estimate of drug-likeness (QED) is 0.902. The monoisotopic (exact) mass is 369 g/mol. The number of carbonyl (C=O) groups excluding carboxylic acids is 2. The molecule has 4 rings (SSSR count). The van der Waals surface area contributed by atoms with Crippen molar-refractivity contribution in [3.8, 4) is 0 Å². The van der Waals surface area contributed by atoms with Crippen LogP contribution in [-0.4, -0.2) is 53.0 Å². The van der Waals surface area contributed by atoms with Gasteiger partial charge in [-0.3, -0.25) is 9.58 Å². The van der Waals surface area contributed by atoms with E-state index in [0.717, 1.165) is 23.5 Å². The lowest BCUT2D eigenvalue weighted by Crippen LogP contribution is -2.33. The molecule has 0 bridgehead atoms. The van der Waals surface area contributed by atoms with Gasteiger partial charge in [-0.1, -0.05) is 6.07 Å². The van der Waals surface area contributed by atoms with Gasteiger partial charge in [-0.2, -0.15) is 5.10 Å². The molecular formula is C19H23N5O3. The molecule has 2 aromatic rings. The molecule has 8 nitrogen and oxygen atoms in total. The third kappa shape index (κ3) is 3.47. The maximum atomic E-state index is 12.7. The number of rotatable bonds is 3. The molecule has 3 amide bonds. The standard InChI is InChI=1S/C19H23N5O3/c1-13-10-14(2)24(21-13)17-6-7-22(12-17)18(25)20-15-4-3-5-16(11-15)23-8-9-27-19(23)26/h3-5,10-11,17H,6-9,12H2,1-2H3,(H,20,25)/t17-/m0/s1.